The van der Waals surface area contributed by atoms with Crippen LogP contribution in [0.25, 0.3) is 10.6 Å². The molecule has 4 rings (SSSR count). The number of nitrogens with zero attached hydrogens (tertiary/aromatic N) is 4. The van der Waals surface area contributed by atoms with Gasteiger partial charge in [-0.1, -0.05) is 23.7 Å². The molecule has 0 aliphatic carbocycles. The number of benzene rings is 1. The highest BCUT2D eigenvalue weighted by atomic mass is 35.5. The predicted octanol–water partition coefficient (Wildman–Crippen LogP) is 3.31. The molecule has 0 spiro atoms. The molecule has 1 aliphatic rings. The Morgan fingerprint density at radius 3 is 2.56 bits per heavy atom. The van der Waals surface area contributed by atoms with Crippen molar-refractivity contribution in [3.8, 4) is 10.6 Å². The Morgan fingerprint density at radius 1 is 1.11 bits per heavy atom. The van der Waals surface area contributed by atoms with Crippen LogP contribution in [0.3, 0.4) is 0 Å². The number of anilines is 1. The molecule has 2 aromatic heterocycles. The Hall–Kier alpha value is -1.87. The van der Waals surface area contributed by atoms with Crippen molar-refractivity contribution in [1.29, 1.82) is 0 Å². The molecule has 0 atom stereocenters. The first-order chi connectivity index (χ1) is 12.9. The molecule has 0 bridgehead atoms. The smallest absolute Gasteiger partial charge is 0.246 e. The zero-order chi connectivity index (χ0) is 19.0. The summed E-state index contributed by atoms with van der Waals surface area (Å²) in [4.78, 5) is 3.27. The molecule has 3 aromatic rings. The molecule has 0 N–H and O–H groups in total. The lowest BCUT2D eigenvalue weighted by atomic mass is 10.2. The molecule has 9 heteroatoms. The van der Waals surface area contributed by atoms with Gasteiger partial charge in [0.15, 0.2) is 0 Å². The number of hydrogen-bond acceptors (Lipinski definition) is 5. The molecule has 0 radical (unpaired) electrons. The number of sulfonamides is 1. The zero-order valence-corrected chi connectivity index (χ0v) is 17.1. The lowest BCUT2D eigenvalue weighted by Gasteiger charge is -2.35. The fourth-order valence-corrected chi connectivity index (χ4v) is 5.81. The van der Waals surface area contributed by atoms with Gasteiger partial charge in [0, 0.05) is 50.1 Å². The van der Waals surface area contributed by atoms with E-state index in [1.54, 1.807) is 22.2 Å². The largest absolute Gasteiger partial charge is 0.369 e. The first kappa shape index (κ1) is 18.5. The fourth-order valence-electron chi connectivity index (χ4n) is 3.24. The number of thiophene rings is 1. The van der Waals surface area contributed by atoms with Gasteiger partial charge in [0.1, 0.15) is 10.6 Å². The predicted molar refractivity (Wildman–Crippen MR) is 109 cm³/mol. The minimum atomic E-state index is -3.61. The Morgan fingerprint density at radius 2 is 1.89 bits per heavy atom. The van der Waals surface area contributed by atoms with Crippen LogP contribution in [0.4, 0.5) is 5.69 Å². The van der Waals surface area contributed by atoms with Crippen LogP contribution in [0.1, 0.15) is 0 Å². The van der Waals surface area contributed by atoms with E-state index in [0.717, 1.165) is 10.6 Å². The molecule has 0 saturated carbocycles. The van der Waals surface area contributed by atoms with Crippen LogP contribution >= 0.6 is 22.9 Å². The second-order valence-electron chi connectivity index (χ2n) is 6.36. The van der Waals surface area contributed by atoms with Gasteiger partial charge in [-0.2, -0.15) is 9.40 Å². The number of hydrogen-bond donors (Lipinski definition) is 0. The molecule has 1 aromatic carbocycles. The van der Waals surface area contributed by atoms with Crippen molar-refractivity contribution < 1.29 is 8.42 Å². The van der Waals surface area contributed by atoms with E-state index < -0.39 is 10.0 Å². The monoisotopic (exact) mass is 422 g/mol. The second kappa shape index (κ2) is 7.27. The summed E-state index contributed by atoms with van der Waals surface area (Å²) >= 11 is 7.56. The first-order valence-electron chi connectivity index (χ1n) is 8.53. The number of rotatable bonds is 4. The summed E-state index contributed by atoms with van der Waals surface area (Å²) in [6.45, 7) is 2.09. The molecule has 142 valence electrons. The third-order valence-corrected chi connectivity index (χ3v) is 7.59. The van der Waals surface area contributed by atoms with Crippen molar-refractivity contribution >= 4 is 38.6 Å². The molecule has 0 unspecified atom stereocenters. The summed E-state index contributed by atoms with van der Waals surface area (Å²) < 4.78 is 29.6. The highest BCUT2D eigenvalue weighted by Crippen LogP contribution is 2.32. The lowest BCUT2D eigenvalue weighted by molar-refractivity contribution is 0.385. The van der Waals surface area contributed by atoms with Crippen molar-refractivity contribution in [2.75, 3.05) is 31.1 Å². The maximum Gasteiger partial charge on any atom is 0.246 e. The van der Waals surface area contributed by atoms with Crippen LogP contribution < -0.4 is 4.90 Å². The third kappa shape index (κ3) is 3.62. The maximum absolute atomic E-state index is 13.3. The SMILES string of the molecule is Cn1cc(S(=O)(=O)N2CCN(c3cccc(Cl)c3)CC2)c(-c2cccs2)n1. The number of aryl methyl sites for hydroxylation is 1. The van der Waals surface area contributed by atoms with Gasteiger partial charge in [-0.15, -0.1) is 11.3 Å². The van der Waals surface area contributed by atoms with Crippen molar-refractivity contribution in [2.45, 2.75) is 4.90 Å². The van der Waals surface area contributed by atoms with Gasteiger partial charge in [0.25, 0.3) is 0 Å². The quantitative estimate of drug-likeness (QED) is 0.647. The summed E-state index contributed by atoms with van der Waals surface area (Å²) in [5.74, 6) is 0. The molecule has 27 heavy (non-hydrogen) atoms. The molecular formula is C18H19ClN4O2S2. The van der Waals surface area contributed by atoms with Crippen LogP contribution in [-0.4, -0.2) is 48.7 Å². The van der Waals surface area contributed by atoms with E-state index in [1.165, 1.54) is 11.3 Å². The van der Waals surface area contributed by atoms with Crippen molar-refractivity contribution in [3.05, 3.63) is 53.0 Å². The summed E-state index contributed by atoms with van der Waals surface area (Å²) in [5, 5.41) is 6.98. The average molecular weight is 423 g/mol. The van der Waals surface area contributed by atoms with Crippen LogP contribution in [0.15, 0.2) is 52.9 Å². The van der Waals surface area contributed by atoms with Crippen molar-refractivity contribution in [2.24, 2.45) is 7.05 Å². The number of aromatic nitrogens is 2. The van der Waals surface area contributed by atoms with Gasteiger partial charge in [0.2, 0.25) is 10.0 Å². The van der Waals surface area contributed by atoms with Gasteiger partial charge in [-0.3, -0.25) is 4.68 Å². The molecule has 6 nitrogen and oxygen atoms in total. The minimum Gasteiger partial charge on any atom is -0.369 e. The highest BCUT2D eigenvalue weighted by molar-refractivity contribution is 7.89. The Kier molecular flexibility index (Phi) is 4.98. The molecule has 0 amide bonds. The van der Waals surface area contributed by atoms with E-state index in [0.29, 0.717) is 36.9 Å². The van der Waals surface area contributed by atoms with E-state index in [4.69, 9.17) is 11.6 Å². The first-order valence-corrected chi connectivity index (χ1v) is 11.2. The molecule has 1 aliphatic heterocycles. The Balaban J connectivity index is 1.56. The Labute approximate surface area is 167 Å². The number of piperazine rings is 1. The zero-order valence-electron chi connectivity index (χ0n) is 14.7. The fraction of sp³-hybridized carbons (Fsp3) is 0.278. The third-order valence-electron chi connectivity index (χ3n) is 4.58. The number of halogens is 1. The van der Waals surface area contributed by atoms with E-state index in [1.807, 2.05) is 41.8 Å². The van der Waals surface area contributed by atoms with Crippen LogP contribution in [0, 0.1) is 0 Å². The van der Waals surface area contributed by atoms with Crippen LogP contribution in [0.5, 0.6) is 0 Å². The van der Waals surface area contributed by atoms with Gasteiger partial charge >= 0.3 is 0 Å². The molecule has 1 fully saturated rings. The van der Waals surface area contributed by atoms with E-state index in [9.17, 15) is 8.42 Å². The molecule has 1 saturated heterocycles. The van der Waals surface area contributed by atoms with Crippen molar-refractivity contribution in [1.82, 2.24) is 14.1 Å². The van der Waals surface area contributed by atoms with E-state index in [-0.39, 0.29) is 4.90 Å². The lowest BCUT2D eigenvalue weighted by Crippen LogP contribution is -2.48. The van der Waals surface area contributed by atoms with Gasteiger partial charge in [-0.25, -0.2) is 8.42 Å². The van der Waals surface area contributed by atoms with E-state index in [2.05, 4.69) is 10.00 Å². The minimum absolute atomic E-state index is 0.267. The summed E-state index contributed by atoms with van der Waals surface area (Å²) in [6.07, 6.45) is 1.59. The highest BCUT2D eigenvalue weighted by Gasteiger charge is 2.32. The summed E-state index contributed by atoms with van der Waals surface area (Å²) in [7, 11) is -1.86. The molecular weight excluding hydrogens is 404 g/mol. The topological polar surface area (TPSA) is 58.4 Å². The Bertz CT molecular complexity index is 1040. The van der Waals surface area contributed by atoms with Crippen LogP contribution in [0.2, 0.25) is 5.02 Å². The van der Waals surface area contributed by atoms with Crippen LogP contribution in [-0.2, 0) is 17.1 Å². The van der Waals surface area contributed by atoms with E-state index >= 15 is 0 Å². The van der Waals surface area contributed by atoms with Gasteiger partial charge < -0.3 is 4.90 Å². The van der Waals surface area contributed by atoms with Gasteiger partial charge in [-0.05, 0) is 29.6 Å². The summed E-state index contributed by atoms with van der Waals surface area (Å²) in [5.41, 5.74) is 1.53. The van der Waals surface area contributed by atoms with Gasteiger partial charge in [0.05, 0.1) is 4.88 Å². The second-order valence-corrected chi connectivity index (χ2v) is 9.65. The van der Waals surface area contributed by atoms with Crippen molar-refractivity contribution in [3.63, 3.8) is 0 Å². The summed E-state index contributed by atoms with van der Waals surface area (Å²) in [6, 6.07) is 11.4. The molecule has 3 heterocycles. The average Bonchev–Trinajstić information content (AvgIpc) is 3.31. The normalized spacial score (nSPS) is 16.0. The standard InChI is InChI=1S/C18H19ClN4O2S2/c1-21-13-17(18(20-21)16-6-3-11-26-16)27(24,25)23-9-7-22(8-10-23)15-5-2-4-14(19)12-15/h2-6,11-13H,7-10H2,1H3. The maximum atomic E-state index is 13.3.